The van der Waals surface area contributed by atoms with Crippen molar-refractivity contribution in [3.05, 3.63) is 65.2 Å². The third-order valence-electron chi connectivity index (χ3n) is 6.71. The van der Waals surface area contributed by atoms with Crippen LogP contribution in [0.1, 0.15) is 44.2 Å². The van der Waals surface area contributed by atoms with Crippen LogP contribution in [0.15, 0.2) is 54.1 Å². The lowest BCUT2D eigenvalue weighted by molar-refractivity contribution is -0.143. The van der Waals surface area contributed by atoms with E-state index in [4.69, 9.17) is 9.47 Å². The number of likely N-dealkylation sites (tertiary alicyclic amines) is 1. The van der Waals surface area contributed by atoms with Crippen LogP contribution in [0, 0.1) is 0 Å². The Kier molecular flexibility index (Phi) is 7.45. The maximum atomic E-state index is 14.3. The minimum Gasteiger partial charge on any atom is -0.507 e. The van der Waals surface area contributed by atoms with Crippen LogP contribution in [-0.2, 0) is 24.7 Å². The van der Waals surface area contributed by atoms with Gasteiger partial charge in [-0.05, 0) is 50.1 Å². The van der Waals surface area contributed by atoms with Gasteiger partial charge in [0.2, 0.25) is 0 Å². The predicted octanol–water partition coefficient (Wildman–Crippen LogP) is 3.84. The number of unbranched alkanes of at least 4 members (excludes halogenated alkanes) is 1. The zero-order chi connectivity index (χ0) is 25.9. The molecule has 0 aliphatic carbocycles. The van der Waals surface area contributed by atoms with Gasteiger partial charge in [0.15, 0.2) is 5.54 Å². The summed E-state index contributed by atoms with van der Waals surface area (Å²) in [4.78, 5) is 44.2. The Labute approximate surface area is 211 Å². The molecule has 4 rings (SSSR count). The highest BCUT2D eigenvalue weighted by molar-refractivity contribution is 6.50. The van der Waals surface area contributed by atoms with Crippen molar-refractivity contribution < 1.29 is 29.0 Å². The quantitative estimate of drug-likeness (QED) is 0.234. The predicted molar refractivity (Wildman–Crippen MR) is 136 cm³/mol. The van der Waals surface area contributed by atoms with E-state index >= 15 is 0 Å². The van der Waals surface area contributed by atoms with Crippen molar-refractivity contribution in [1.29, 1.82) is 0 Å². The van der Waals surface area contributed by atoms with Gasteiger partial charge in [0.1, 0.15) is 11.5 Å². The Morgan fingerprint density at radius 3 is 2.36 bits per heavy atom. The number of nitrogens with zero attached hydrogens (tertiary/aromatic N) is 2. The van der Waals surface area contributed by atoms with Crippen LogP contribution in [0.5, 0.6) is 5.75 Å². The van der Waals surface area contributed by atoms with Gasteiger partial charge in [-0.2, -0.15) is 0 Å². The van der Waals surface area contributed by atoms with Gasteiger partial charge in [-0.3, -0.25) is 14.4 Å². The van der Waals surface area contributed by atoms with Crippen molar-refractivity contribution >= 4 is 29.0 Å². The summed E-state index contributed by atoms with van der Waals surface area (Å²) in [5, 5.41) is 11.5. The lowest BCUT2D eigenvalue weighted by Gasteiger charge is -2.34. The maximum absolute atomic E-state index is 14.3. The van der Waals surface area contributed by atoms with Crippen molar-refractivity contribution in [1.82, 2.24) is 4.90 Å². The average Bonchev–Trinajstić information content (AvgIpc) is 3.26. The molecular weight excluding hydrogens is 460 g/mol. The molecule has 0 aromatic heterocycles. The fourth-order valence-corrected chi connectivity index (χ4v) is 5.09. The smallest absolute Gasteiger partial charge is 0.296 e. The number of ketones is 1. The molecule has 2 amide bonds. The molecule has 0 saturated carbocycles. The molecular formula is C28H32N2O6. The van der Waals surface area contributed by atoms with Crippen LogP contribution in [0.2, 0.25) is 0 Å². The van der Waals surface area contributed by atoms with Crippen molar-refractivity contribution in [2.24, 2.45) is 0 Å². The molecule has 36 heavy (non-hydrogen) atoms. The second-order valence-electron chi connectivity index (χ2n) is 8.85. The number of aliphatic hydroxyl groups excluding tert-OH is 1. The Morgan fingerprint density at radius 1 is 0.972 bits per heavy atom. The molecule has 1 atom stereocenters. The van der Waals surface area contributed by atoms with Crippen LogP contribution in [0.3, 0.4) is 0 Å². The minimum absolute atomic E-state index is 0.125. The molecule has 8 nitrogen and oxygen atoms in total. The summed E-state index contributed by atoms with van der Waals surface area (Å²) in [6.45, 7) is 5.31. The first kappa shape index (κ1) is 25.4. The summed E-state index contributed by atoms with van der Waals surface area (Å²) in [6.07, 6.45) is 2.05. The summed E-state index contributed by atoms with van der Waals surface area (Å²) in [6, 6.07) is 13.8. The summed E-state index contributed by atoms with van der Waals surface area (Å²) < 4.78 is 10.7. The van der Waals surface area contributed by atoms with Crippen molar-refractivity contribution in [3.8, 4) is 5.75 Å². The van der Waals surface area contributed by atoms with Crippen LogP contribution in [0.4, 0.5) is 5.69 Å². The number of hydrogen-bond acceptors (Lipinski definition) is 6. The average molecular weight is 493 g/mol. The van der Waals surface area contributed by atoms with Crippen LogP contribution in [0.25, 0.3) is 5.76 Å². The molecule has 2 heterocycles. The lowest BCUT2D eigenvalue weighted by atomic mass is 9.82. The topological polar surface area (TPSA) is 96.4 Å². The molecule has 0 radical (unpaired) electrons. The SMILES string of the molecule is CCCCN1C(=O)C2(/C(=C(/O)c3ccc(OCC)cc3)C(=O)C(=O)N2CCCOC)c2ccccc21. The molecule has 2 aliphatic heterocycles. The number of para-hydroxylation sites is 1. The second kappa shape index (κ2) is 10.5. The zero-order valence-electron chi connectivity index (χ0n) is 21.0. The van der Waals surface area contributed by atoms with Gasteiger partial charge >= 0.3 is 0 Å². The van der Waals surface area contributed by atoms with Gasteiger partial charge in [-0.1, -0.05) is 31.5 Å². The van der Waals surface area contributed by atoms with Crippen molar-refractivity contribution in [2.45, 2.75) is 38.6 Å². The number of ether oxygens (including phenoxy) is 2. The van der Waals surface area contributed by atoms with E-state index in [1.54, 1.807) is 48.4 Å². The van der Waals surface area contributed by atoms with E-state index < -0.39 is 23.1 Å². The molecule has 0 bridgehead atoms. The zero-order valence-corrected chi connectivity index (χ0v) is 21.0. The van der Waals surface area contributed by atoms with Gasteiger partial charge in [0.25, 0.3) is 17.6 Å². The van der Waals surface area contributed by atoms with Crippen LogP contribution >= 0.6 is 0 Å². The number of carbonyl (C=O) groups is 3. The van der Waals surface area contributed by atoms with E-state index in [1.165, 1.54) is 4.90 Å². The van der Waals surface area contributed by atoms with Gasteiger partial charge in [-0.15, -0.1) is 0 Å². The first-order valence-corrected chi connectivity index (χ1v) is 12.4. The second-order valence-corrected chi connectivity index (χ2v) is 8.85. The number of rotatable bonds is 10. The highest BCUT2D eigenvalue weighted by Gasteiger charge is 2.66. The monoisotopic (exact) mass is 492 g/mol. The van der Waals surface area contributed by atoms with E-state index in [0.29, 0.717) is 48.7 Å². The Bertz CT molecular complexity index is 1190. The molecule has 1 spiro atoms. The van der Waals surface area contributed by atoms with Crippen LogP contribution in [-0.4, -0.2) is 61.0 Å². The minimum atomic E-state index is -1.74. The molecule has 1 saturated heterocycles. The summed E-state index contributed by atoms with van der Waals surface area (Å²) in [7, 11) is 1.55. The number of aliphatic hydroxyl groups is 1. The highest BCUT2D eigenvalue weighted by Crippen LogP contribution is 2.53. The van der Waals surface area contributed by atoms with Gasteiger partial charge in [0, 0.05) is 37.9 Å². The number of anilines is 1. The van der Waals surface area contributed by atoms with E-state index in [2.05, 4.69) is 0 Å². The largest absolute Gasteiger partial charge is 0.507 e. The first-order valence-electron chi connectivity index (χ1n) is 12.4. The third kappa shape index (κ3) is 3.95. The van der Waals surface area contributed by atoms with Crippen LogP contribution < -0.4 is 9.64 Å². The van der Waals surface area contributed by atoms with Gasteiger partial charge in [0.05, 0.1) is 17.9 Å². The standard InChI is InChI=1S/C28H32N2O6/c1-4-6-16-29-22-11-8-7-10-21(22)28(27(29)34)23(25(32)26(33)30(28)17-9-18-35-3)24(31)19-12-14-20(15-13-19)36-5-2/h7-8,10-15,31H,4-6,9,16-18H2,1-3H3/b24-23+. The van der Waals surface area contributed by atoms with E-state index in [-0.39, 0.29) is 17.9 Å². The number of fused-ring (bicyclic) bond motifs is 2. The summed E-state index contributed by atoms with van der Waals surface area (Å²) in [5.41, 5.74) is -0.451. The van der Waals surface area contributed by atoms with E-state index in [9.17, 15) is 19.5 Å². The molecule has 2 aromatic carbocycles. The van der Waals surface area contributed by atoms with Gasteiger partial charge < -0.3 is 24.4 Å². The Morgan fingerprint density at radius 2 is 1.69 bits per heavy atom. The lowest BCUT2D eigenvalue weighted by Crippen LogP contribution is -2.52. The molecule has 1 fully saturated rings. The summed E-state index contributed by atoms with van der Waals surface area (Å²) in [5.74, 6) is -1.86. The Hall–Kier alpha value is -3.65. The first-order chi connectivity index (χ1) is 17.4. The number of amides is 2. The number of Topliss-reactive ketones (excluding diaryl/α,β-unsaturated/α-hetero) is 1. The van der Waals surface area contributed by atoms with Crippen molar-refractivity contribution in [2.75, 3.05) is 38.3 Å². The number of carbonyl (C=O) groups excluding carboxylic acids is 3. The number of hydrogen-bond donors (Lipinski definition) is 1. The number of methoxy groups -OCH3 is 1. The van der Waals surface area contributed by atoms with E-state index in [1.807, 2.05) is 26.0 Å². The summed E-state index contributed by atoms with van der Waals surface area (Å²) >= 11 is 0. The fraction of sp³-hybridized carbons (Fsp3) is 0.393. The third-order valence-corrected chi connectivity index (χ3v) is 6.71. The van der Waals surface area contributed by atoms with E-state index in [0.717, 1.165) is 12.8 Å². The number of benzene rings is 2. The molecule has 2 aromatic rings. The van der Waals surface area contributed by atoms with Crippen molar-refractivity contribution in [3.63, 3.8) is 0 Å². The highest BCUT2D eigenvalue weighted by atomic mass is 16.5. The molecule has 8 heteroatoms. The fourth-order valence-electron chi connectivity index (χ4n) is 5.09. The Balaban J connectivity index is 1.95. The molecule has 190 valence electrons. The molecule has 2 aliphatic rings. The van der Waals surface area contributed by atoms with Gasteiger partial charge in [-0.25, -0.2) is 0 Å². The molecule has 1 N–H and O–H groups in total. The normalized spacial score (nSPS) is 20.5. The molecule has 1 unspecified atom stereocenters. The maximum Gasteiger partial charge on any atom is 0.296 e.